The minimum atomic E-state index is -0.175. The van der Waals surface area contributed by atoms with Crippen molar-refractivity contribution in [2.45, 2.75) is 6.54 Å². The molecule has 1 aromatic carbocycles. The van der Waals surface area contributed by atoms with E-state index >= 15 is 0 Å². The Hall–Kier alpha value is -3.47. The summed E-state index contributed by atoms with van der Waals surface area (Å²) in [6, 6.07) is 15.7. The van der Waals surface area contributed by atoms with Crippen molar-refractivity contribution in [2.24, 2.45) is 0 Å². The molecule has 0 aliphatic rings. The predicted octanol–water partition coefficient (Wildman–Crippen LogP) is 3.44. The second-order valence-electron chi connectivity index (χ2n) is 5.70. The fraction of sp³-hybridized carbons (Fsp3) is 0.0500. The molecule has 122 valence electrons. The Bertz CT molecular complexity index is 1070. The van der Waals surface area contributed by atoms with Crippen LogP contribution in [-0.2, 0) is 11.3 Å². The Morgan fingerprint density at radius 1 is 1.04 bits per heavy atom. The Kier molecular flexibility index (Phi) is 3.96. The average Bonchev–Trinajstić information content (AvgIpc) is 3.03. The monoisotopic (exact) mass is 328 g/mol. The van der Waals surface area contributed by atoms with E-state index in [4.69, 9.17) is 0 Å². The summed E-state index contributed by atoms with van der Waals surface area (Å²) in [5.74, 6) is -0.175. The Morgan fingerprint density at radius 3 is 2.80 bits per heavy atom. The second-order valence-corrected chi connectivity index (χ2v) is 5.70. The van der Waals surface area contributed by atoms with E-state index in [-0.39, 0.29) is 5.91 Å². The number of hydrogen-bond donors (Lipinski definition) is 2. The number of pyridine rings is 2. The summed E-state index contributed by atoms with van der Waals surface area (Å²) < 4.78 is 0. The zero-order chi connectivity index (χ0) is 17.1. The summed E-state index contributed by atoms with van der Waals surface area (Å²) in [6.07, 6.45) is 6.71. The van der Waals surface area contributed by atoms with Gasteiger partial charge in [0.2, 0.25) is 5.91 Å². The fourth-order valence-corrected chi connectivity index (χ4v) is 2.76. The quantitative estimate of drug-likeness (QED) is 0.564. The smallest absolute Gasteiger partial charge is 0.244 e. The maximum absolute atomic E-state index is 12.0. The number of fused-ring (bicyclic) bond motifs is 3. The van der Waals surface area contributed by atoms with E-state index in [1.807, 2.05) is 42.5 Å². The van der Waals surface area contributed by atoms with Crippen molar-refractivity contribution in [3.63, 3.8) is 0 Å². The molecule has 0 saturated heterocycles. The highest BCUT2D eigenvalue weighted by Crippen LogP contribution is 2.25. The molecule has 0 fully saturated rings. The lowest BCUT2D eigenvalue weighted by Gasteiger charge is -2.01. The Morgan fingerprint density at radius 2 is 1.92 bits per heavy atom. The van der Waals surface area contributed by atoms with Gasteiger partial charge in [-0.05, 0) is 30.3 Å². The summed E-state index contributed by atoms with van der Waals surface area (Å²) in [4.78, 5) is 23.8. The van der Waals surface area contributed by atoms with Gasteiger partial charge in [-0.2, -0.15) is 0 Å². The largest absolute Gasteiger partial charge is 0.353 e. The van der Waals surface area contributed by atoms with E-state index in [0.29, 0.717) is 6.54 Å². The van der Waals surface area contributed by atoms with Gasteiger partial charge >= 0.3 is 0 Å². The number of aromatic amines is 1. The molecular weight excluding hydrogens is 312 g/mol. The summed E-state index contributed by atoms with van der Waals surface area (Å²) in [7, 11) is 0. The van der Waals surface area contributed by atoms with Gasteiger partial charge in [0.1, 0.15) is 0 Å². The highest BCUT2D eigenvalue weighted by atomic mass is 16.1. The number of hydrogen-bond acceptors (Lipinski definition) is 3. The van der Waals surface area contributed by atoms with E-state index in [2.05, 4.69) is 26.3 Å². The number of benzene rings is 1. The number of amides is 1. The highest BCUT2D eigenvalue weighted by Gasteiger charge is 2.04. The van der Waals surface area contributed by atoms with E-state index in [0.717, 1.165) is 33.2 Å². The number of H-pyrrole nitrogens is 1. The zero-order valence-corrected chi connectivity index (χ0v) is 13.4. The van der Waals surface area contributed by atoms with Crippen molar-refractivity contribution in [1.29, 1.82) is 0 Å². The van der Waals surface area contributed by atoms with Gasteiger partial charge in [0.25, 0.3) is 0 Å². The van der Waals surface area contributed by atoms with E-state index in [1.54, 1.807) is 18.5 Å². The number of carbonyl (C=O) groups excluding carboxylic acids is 1. The van der Waals surface area contributed by atoms with Crippen LogP contribution in [0.25, 0.3) is 27.9 Å². The molecule has 0 aliphatic carbocycles. The maximum atomic E-state index is 12.0. The SMILES string of the molecule is O=C(/C=C/c1cc2c(cn1)[nH]c1ccccc12)NCc1ccccn1. The molecule has 0 atom stereocenters. The minimum absolute atomic E-state index is 0.175. The van der Waals surface area contributed by atoms with E-state index in [1.165, 1.54) is 6.08 Å². The maximum Gasteiger partial charge on any atom is 0.244 e. The van der Waals surface area contributed by atoms with Crippen molar-refractivity contribution in [1.82, 2.24) is 20.3 Å². The first-order valence-electron chi connectivity index (χ1n) is 8.02. The lowest BCUT2D eigenvalue weighted by Crippen LogP contribution is -2.20. The molecule has 0 bridgehead atoms. The molecular formula is C20H16N4O. The van der Waals surface area contributed by atoms with Gasteiger partial charge in [-0.25, -0.2) is 0 Å². The van der Waals surface area contributed by atoms with Crippen LogP contribution < -0.4 is 5.32 Å². The molecule has 0 radical (unpaired) electrons. The molecule has 0 spiro atoms. The van der Waals surface area contributed by atoms with Gasteiger partial charge in [-0.15, -0.1) is 0 Å². The highest BCUT2D eigenvalue weighted by molar-refractivity contribution is 6.07. The molecule has 5 heteroatoms. The van der Waals surface area contributed by atoms with Gasteiger partial charge < -0.3 is 10.3 Å². The number of nitrogens with one attached hydrogen (secondary N) is 2. The summed E-state index contributed by atoms with van der Waals surface area (Å²) >= 11 is 0. The van der Waals surface area contributed by atoms with E-state index in [9.17, 15) is 4.79 Å². The van der Waals surface area contributed by atoms with Gasteiger partial charge in [-0.1, -0.05) is 24.3 Å². The van der Waals surface area contributed by atoms with Crippen LogP contribution in [0.2, 0.25) is 0 Å². The normalized spacial score (nSPS) is 11.4. The van der Waals surface area contributed by atoms with Crippen LogP contribution in [0.15, 0.2) is 67.0 Å². The molecule has 1 amide bonds. The number of para-hydroxylation sites is 1. The number of carbonyl (C=O) groups is 1. The Balaban J connectivity index is 1.50. The van der Waals surface area contributed by atoms with Gasteiger partial charge in [0.15, 0.2) is 0 Å². The molecule has 3 heterocycles. The average molecular weight is 328 g/mol. The molecule has 4 aromatic rings. The van der Waals surface area contributed by atoms with Crippen LogP contribution in [0.3, 0.4) is 0 Å². The van der Waals surface area contributed by atoms with Crippen LogP contribution in [-0.4, -0.2) is 20.9 Å². The molecule has 0 unspecified atom stereocenters. The third-order valence-corrected chi connectivity index (χ3v) is 3.99. The molecule has 25 heavy (non-hydrogen) atoms. The topological polar surface area (TPSA) is 70.7 Å². The fourth-order valence-electron chi connectivity index (χ4n) is 2.76. The molecule has 0 saturated carbocycles. The van der Waals surface area contributed by atoms with E-state index < -0.39 is 0 Å². The van der Waals surface area contributed by atoms with Crippen molar-refractivity contribution >= 4 is 33.8 Å². The number of rotatable bonds is 4. The van der Waals surface area contributed by atoms with Crippen molar-refractivity contribution < 1.29 is 4.79 Å². The third kappa shape index (κ3) is 3.26. The first-order chi connectivity index (χ1) is 12.3. The van der Waals surface area contributed by atoms with Gasteiger partial charge in [0, 0.05) is 28.6 Å². The number of nitrogens with zero attached hydrogens (tertiary/aromatic N) is 2. The predicted molar refractivity (Wildman–Crippen MR) is 98.7 cm³/mol. The minimum Gasteiger partial charge on any atom is -0.353 e. The van der Waals surface area contributed by atoms with Crippen LogP contribution in [0.1, 0.15) is 11.4 Å². The number of aromatic nitrogens is 3. The van der Waals surface area contributed by atoms with Crippen LogP contribution in [0.5, 0.6) is 0 Å². The second kappa shape index (κ2) is 6.57. The standard InChI is InChI=1S/C20H16N4O/c25-20(23-12-15-5-3-4-10-21-15)9-8-14-11-17-16-6-1-2-7-18(16)24-19(17)13-22-14/h1-11,13,24H,12H2,(H,23,25)/b9-8+. The van der Waals surface area contributed by atoms with Crippen molar-refractivity contribution in [2.75, 3.05) is 0 Å². The third-order valence-electron chi connectivity index (χ3n) is 3.99. The van der Waals surface area contributed by atoms with Gasteiger partial charge in [-0.3, -0.25) is 14.8 Å². The molecule has 0 aliphatic heterocycles. The lowest BCUT2D eigenvalue weighted by molar-refractivity contribution is -0.116. The van der Waals surface area contributed by atoms with Crippen molar-refractivity contribution in [3.8, 4) is 0 Å². The first kappa shape index (κ1) is 15.1. The van der Waals surface area contributed by atoms with Crippen LogP contribution >= 0.6 is 0 Å². The van der Waals surface area contributed by atoms with Crippen LogP contribution in [0, 0.1) is 0 Å². The Labute approximate surface area is 144 Å². The zero-order valence-electron chi connectivity index (χ0n) is 13.4. The van der Waals surface area contributed by atoms with Crippen molar-refractivity contribution in [3.05, 3.63) is 78.4 Å². The summed E-state index contributed by atoms with van der Waals surface area (Å²) in [5, 5.41) is 5.05. The van der Waals surface area contributed by atoms with Gasteiger partial charge in [0.05, 0.1) is 29.6 Å². The van der Waals surface area contributed by atoms with Crippen LogP contribution in [0.4, 0.5) is 0 Å². The molecule has 3 aromatic heterocycles. The first-order valence-corrected chi connectivity index (χ1v) is 8.02. The summed E-state index contributed by atoms with van der Waals surface area (Å²) in [6.45, 7) is 0.402. The molecule has 2 N–H and O–H groups in total. The lowest BCUT2D eigenvalue weighted by atomic mass is 10.1. The molecule has 5 nitrogen and oxygen atoms in total. The summed E-state index contributed by atoms with van der Waals surface area (Å²) in [5.41, 5.74) is 3.62. The molecule has 4 rings (SSSR count).